The largest absolute Gasteiger partial charge is 0.496 e. The molecule has 0 spiro atoms. The minimum Gasteiger partial charge on any atom is -0.496 e. The molecule has 4 nitrogen and oxygen atoms in total. The van der Waals surface area contributed by atoms with Crippen molar-refractivity contribution in [1.82, 2.24) is 0 Å². The van der Waals surface area contributed by atoms with E-state index in [1.54, 1.807) is 37.3 Å². The number of halogens is 2. The molecular weight excluding hydrogens is 401 g/mol. The van der Waals surface area contributed by atoms with Crippen LogP contribution in [-0.4, -0.2) is 15.5 Å². The number of hydrogen-bond donors (Lipinski definition) is 0. The van der Waals surface area contributed by atoms with Crippen LogP contribution in [0.5, 0.6) is 5.75 Å². The van der Waals surface area contributed by atoms with Gasteiger partial charge in [-0.3, -0.25) is 4.31 Å². The van der Waals surface area contributed by atoms with E-state index < -0.39 is 21.9 Å². The second-order valence-corrected chi connectivity index (χ2v) is 8.40. The van der Waals surface area contributed by atoms with E-state index in [2.05, 4.69) is 0 Å². The molecular formula is C21H19ClFNO3S. The van der Waals surface area contributed by atoms with Gasteiger partial charge in [-0.2, -0.15) is 0 Å². The predicted octanol–water partition coefficient (Wildman–Crippen LogP) is 5.44. The lowest BCUT2D eigenvalue weighted by Crippen LogP contribution is -2.34. The van der Waals surface area contributed by atoms with Crippen LogP contribution in [0.4, 0.5) is 10.1 Å². The highest BCUT2D eigenvalue weighted by atomic mass is 35.5. The van der Waals surface area contributed by atoms with Crippen LogP contribution in [0.1, 0.15) is 18.5 Å². The van der Waals surface area contributed by atoms with E-state index in [1.165, 1.54) is 23.5 Å². The van der Waals surface area contributed by atoms with Crippen molar-refractivity contribution in [1.29, 1.82) is 0 Å². The van der Waals surface area contributed by atoms with Crippen LogP contribution in [0, 0.1) is 5.82 Å². The van der Waals surface area contributed by atoms with Crippen LogP contribution in [-0.2, 0) is 10.0 Å². The van der Waals surface area contributed by atoms with Crippen molar-refractivity contribution in [2.24, 2.45) is 0 Å². The van der Waals surface area contributed by atoms with E-state index in [9.17, 15) is 12.8 Å². The first-order valence-corrected chi connectivity index (χ1v) is 10.3. The van der Waals surface area contributed by atoms with Crippen LogP contribution in [0.2, 0.25) is 5.02 Å². The van der Waals surface area contributed by atoms with Gasteiger partial charge >= 0.3 is 0 Å². The maximum atomic E-state index is 13.5. The van der Waals surface area contributed by atoms with Crippen molar-refractivity contribution in [3.63, 3.8) is 0 Å². The Balaban J connectivity index is 2.17. The molecule has 0 aliphatic heterocycles. The molecule has 0 unspecified atom stereocenters. The minimum absolute atomic E-state index is 0.00871. The third-order valence-electron chi connectivity index (χ3n) is 4.39. The van der Waals surface area contributed by atoms with Crippen LogP contribution in [0.3, 0.4) is 0 Å². The van der Waals surface area contributed by atoms with E-state index in [-0.39, 0.29) is 4.90 Å². The van der Waals surface area contributed by atoms with E-state index in [0.717, 1.165) is 12.1 Å². The third-order valence-corrected chi connectivity index (χ3v) is 6.56. The van der Waals surface area contributed by atoms with Crippen molar-refractivity contribution in [2.75, 3.05) is 11.4 Å². The average Bonchev–Trinajstić information content (AvgIpc) is 2.69. The number of anilines is 1. The molecule has 3 aromatic carbocycles. The Bertz CT molecular complexity index is 1050. The van der Waals surface area contributed by atoms with E-state index in [0.29, 0.717) is 22.0 Å². The summed E-state index contributed by atoms with van der Waals surface area (Å²) in [6, 6.07) is 17.9. The lowest BCUT2D eigenvalue weighted by molar-refractivity contribution is 0.407. The summed E-state index contributed by atoms with van der Waals surface area (Å²) < 4.78 is 47.0. The Morgan fingerprint density at radius 1 is 0.964 bits per heavy atom. The smallest absolute Gasteiger partial charge is 0.264 e. The fraction of sp³-hybridized carbons (Fsp3) is 0.143. The van der Waals surface area contributed by atoms with Crippen molar-refractivity contribution < 1.29 is 17.5 Å². The highest BCUT2D eigenvalue weighted by Gasteiger charge is 2.31. The van der Waals surface area contributed by atoms with E-state index in [4.69, 9.17) is 16.3 Å². The molecule has 0 saturated heterocycles. The number of ether oxygens (including phenoxy) is 1. The van der Waals surface area contributed by atoms with Crippen LogP contribution in [0.25, 0.3) is 0 Å². The van der Waals surface area contributed by atoms with Gasteiger partial charge in [-0.05, 0) is 61.5 Å². The van der Waals surface area contributed by atoms with Gasteiger partial charge in [-0.15, -0.1) is 0 Å². The number of nitrogens with zero attached hydrogens (tertiary/aromatic N) is 1. The van der Waals surface area contributed by atoms with Gasteiger partial charge in [0.05, 0.1) is 23.7 Å². The Morgan fingerprint density at radius 2 is 1.57 bits per heavy atom. The molecule has 3 aromatic rings. The van der Waals surface area contributed by atoms with E-state index in [1.807, 2.05) is 18.2 Å². The summed E-state index contributed by atoms with van der Waals surface area (Å²) in [5.74, 6) is 0.0676. The molecule has 1 atom stereocenters. The number of rotatable bonds is 6. The molecule has 0 aliphatic carbocycles. The van der Waals surface area contributed by atoms with Gasteiger partial charge in [0.1, 0.15) is 11.6 Å². The number of sulfonamides is 1. The molecule has 0 radical (unpaired) electrons. The first-order chi connectivity index (χ1) is 13.3. The maximum absolute atomic E-state index is 13.5. The summed E-state index contributed by atoms with van der Waals surface area (Å²) in [4.78, 5) is -0.00871. The minimum atomic E-state index is -3.99. The third kappa shape index (κ3) is 3.98. The molecule has 0 aliphatic rings. The van der Waals surface area contributed by atoms with Gasteiger partial charge in [0.15, 0.2) is 0 Å². The molecule has 0 bridgehead atoms. The summed E-state index contributed by atoms with van der Waals surface area (Å²) >= 11 is 5.98. The lowest BCUT2D eigenvalue weighted by atomic mass is 10.1. The van der Waals surface area contributed by atoms with E-state index >= 15 is 0 Å². The summed E-state index contributed by atoms with van der Waals surface area (Å²) in [5, 5.41) is 0.493. The summed E-state index contributed by atoms with van der Waals surface area (Å²) in [6.07, 6.45) is 0. The molecule has 7 heteroatoms. The average molecular weight is 420 g/mol. The molecule has 0 N–H and O–H groups in total. The second kappa shape index (κ2) is 8.20. The van der Waals surface area contributed by atoms with Crippen LogP contribution in [0.15, 0.2) is 77.7 Å². The zero-order valence-electron chi connectivity index (χ0n) is 15.3. The topological polar surface area (TPSA) is 46.6 Å². The van der Waals surface area contributed by atoms with Crippen LogP contribution < -0.4 is 9.04 Å². The highest BCUT2D eigenvalue weighted by molar-refractivity contribution is 7.92. The molecule has 0 fully saturated rings. The van der Waals surface area contributed by atoms with Crippen molar-refractivity contribution in [3.05, 3.63) is 89.2 Å². The number of benzene rings is 3. The standard InChI is InChI=1S/C21H19ClFNO3S/c1-15(20-5-3-4-6-21(20)27-2)24(18-11-7-16(22)8-12-18)28(25,26)19-13-9-17(23)10-14-19/h3-15H,1-2H3/t15-/m0/s1. The summed E-state index contributed by atoms with van der Waals surface area (Å²) in [6.45, 7) is 1.77. The Morgan fingerprint density at radius 3 is 2.18 bits per heavy atom. The van der Waals surface area contributed by atoms with Gasteiger partial charge < -0.3 is 4.74 Å². The van der Waals surface area contributed by atoms with Gasteiger partial charge in [0.2, 0.25) is 0 Å². The Kier molecular flexibility index (Phi) is 5.91. The zero-order chi connectivity index (χ0) is 20.3. The SMILES string of the molecule is COc1ccccc1[C@H](C)N(c1ccc(Cl)cc1)S(=O)(=O)c1ccc(F)cc1. The maximum Gasteiger partial charge on any atom is 0.264 e. The van der Waals surface area contributed by atoms with Crippen molar-refractivity contribution in [2.45, 2.75) is 17.9 Å². The first-order valence-electron chi connectivity index (χ1n) is 8.53. The summed E-state index contributed by atoms with van der Waals surface area (Å²) in [5.41, 5.74) is 1.14. The molecule has 3 rings (SSSR count). The summed E-state index contributed by atoms with van der Waals surface area (Å²) in [7, 11) is -2.45. The number of methoxy groups -OCH3 is 1. The van der Waals surface area contributed by atoms with Gasteiger partial charge in [-0.25, -0.2) is 12.8 Å². The number of hydrogen-bond acceptors (Lipinski definition) is 3. The molecule has 0 amide bonds. The number of para-hydroxylation sites is 1. The predicted molar refractivity (Wildman–Crippen MR) is 109 cm³/mol. The second-order valence-electron chi connectivity index (χ2n) is 6.15. The zero-order valence-corrected chi connectivity index (χ0v) is 16.9. The van der Waals surface area contributed by atoms with Crippen molar-refractivity contribution in [3.8, 4) is 5.75 Å². The molecule has 0 heterocycles. The van der Waals surface area contributed by atoms with Gasteiger partial charge in [0.25, 0.3) is 10.0 Å². The fourth-order valence-corrected chi connectivity index (χ4v) is 4.78. The molecule has 0 saturated carbocycles. The normalized spacial score (nSPS) is 12.4. The monoisotopic (exact) mass is 419 g/mol. The van der Waals surface area contributed by atoms with Gasteiger partial charge in [0, 0.05) is 10.6 Å². The Labute approximate surface area is 169 Å². The molecule has 28 heavy (non-hydrogen) atoms. The van der Waals surface area contributed by atoms with Crippen molar-refractivity contribution >= 4 is 27.3 Å². The first kappa shape index (κ1) is 20.2. The molecule has 146 valence electrons. The lowest BCUT2D eigenvalue weighted by Gasteiger charge is -2.31. The quantitative estimate of drug-likeness (QED) is 0.534. The van der Waals surface area contributed by atoms with Gasteiger partial charge in [-0.1, -0.05) is 29.8 Å². The van der Waals surface area contributed by atoms with Crippen LogP contribution >= 0.6 is 11.6 Å². The molecule has 0 aromatic heterocycles. The Hall–Kier alpha value is -2.57. The fourth-order valence-electron chi connectivity index (χ4n) is 3.02. The highest BCUT2D eigenvalue weighted by Crippen LogP contribution is 2.37.